The molecule has 8 heteroatoms. The van der Waals surface area contributed by atoms with Gasteiger partial charge in [-0.1, -0.05) is 18.2 Å². The predicted molar refractivity (Wildman–Crippen MR) is 126 cm³/mol. The SMILES string of the molecule is COc1cc(/C=C2/CC[C@@H]3CC=C[C@@H](c4cc(F)c(F)c(F)c4)N3C2=O)ccc1-n1cnc(C)c1. The number of methoxy groups -OCH3 is 1. The van der Waals surface area contributed by atoms with Crippen molar-refractivity contribution in [2.24, 2.45) is 0 Å². The highest BCUT2D eigenvalue weighted by atomic mass is 19.2. The Morgan fingerprint density at radius 2 is 1.91 bits per heavy atom. The van der Waals surface area contributed by atoms with Gasteiger partial charge in [0, 0.05) is 17.8 Å². The van der Waals surface area contributed by atoms with E-state index in [0.29, 0.717) is 30.6 Å². The number of ether oxygens (including phenoxy) is 1. The van der Waals surface area contributed by atoms with Gasteiger partial charge < -0.3 is 14.2 Å². The molecule has 0 radical (unpaired) electrons. The second kappa shape index (κ2) is 9.09. The first kappa shape index (κ1) is 23.0. The zero-order chi connectivity index (χ0) is 24.7. The van der Waals surface area contributed by atoms with Crippen LogP contribution in [0.15, 0.2) is 60.6 Å². The quantitative estimate of drug-likeness (QED) is 0.275. The first-order valence-corrected chi connectivity index (χ1v) is 11.4. The zero-order valence-electron chi connectivity index (χ0n) is 19.3. The molecule has 35 heavy (non-hydrogen) atoms. The topological polar surface area (TPSA) is 47.4 Å². The predicted octanol–water partition coefficient (Wildman–Crippen LogP) is 5.68. The molecule has 1 amide bonds. The molecule has 0 saturated carbocycles. The minimum Gasteiger partial charge on any atom is -0.495 e. The van der Waals surface area contributed by atoms with Gasteiger partial charge in [0.25, 0.3) is 5.91 Å². The Bertz CT molecular complexity index is 1340. The molecule has 1 saturated heterocycles. The van der Waals surface area contributed by atoms with Crippen LogP contribution in [-0.4, -0.2) is 33.5 Å². The minimum absolute atomic E-state index is 0.0905. The fraction of sp³-hybridized carbons (Fsp3) is 0.259. The van der Waals surface area contributed by atoms with Crippen LogP contribution in [0.5, 0.6) is 5.75 Å². The molecule has 3 heterocycles. The summed E-state index contributed by atoms with van der Waals surface area (Å²) in [6.45, 7) is 1.90. The largest absolute Gasteiger partial charge is 0.495 e. The summed E-state index contributed by atoms with van der Waals surface area (Å²) in [5, 5.41) is 0. The summed E-state index contributed by atoms with van der Waals surface area (Å²) >= 11 is 0. The highest BCUT2D eigenvalue weighted by molar-refractivity contribution is 5.99. The molecule has 180 valence electrons. The van der Waals surface area contributed by atoms with E-state index in [1.54, 1.807) is 24.4 Å². The number of imidazole rings is 1. The number of benzene rings is 2. The Hall–Kier alpha value is -3.81. The molecule has 2 aliphatic rings. The van der Waals surface area contributed by atoms with Crippen molar-refractivity contribution in [1.29, 1.82) is 0 Å². The van der Waals surface area contributed by atoms with E-state index in [1.165, 1.54) is 0 Å². The van der Waals surface area contributed by atoms with Gasteiger partial charge in [-0.05, 0) is 67.7 Å². The normalized spacial score (nSPS) is 20.9. The highest BCUT2D eigenvalue weighted by Gasteiger charge is 2.38. The van der Waals surface area contributed by atoms with Gasteiger partial charge in [-0.2, -0.15) is 0 Å². The monoisotopic (exact) mass is 479 g/mol. The number of fused-ring (bicyclic) bond motifs is 1. The van der Waals surface area contributed by atoms with E-state index < -0.39 is 23.5 Å². The first-order chi connectivity index (χ1) is 16.9. The van der Waals surface area contributed by atoms with Crippen LogP contribution in [0.25, 0.3) is 11.8 Å². The molecule has 5 rings (SSSR count). The molecule has 2 aromatic carbocycles. The Morgan fingerprint density at radius 3 is 2.60 bits per heavy atom. The van der Waals surface area contributed by atoms with Crippen molar-refractivity contribution in [2.75, 3.05) is 7.11 Å². The van der Waals surface area contributed by atoms with Gasteiger partial charge in [-0.25, -0.2) is 18.2 Å². The van der Waals surface area contributed by atoms with Crippen LogP contribution in [-0.2, 0) is 4.79 Å². The molecule has 1 aromatic heterocycles. The Balaban J connectivity index is 1.47. The Kier molecular flexibility index (Phi) is 5.96. The average molecular weight is 480 g/mol. The molecule has 5 nitrogen and oxygen atoms in total. The number of carbonyl (C=O) groups excluding carboxylic acids is 1. The van der Waals surface area contributed by atoms with Crippen molar-refractivity contribution in [1.82, 2.24) is 14.5 Å². The van der Waals surface area contributed by atoms with Gasteiger partial charge in [-0.15, -0.1) is 0 Å². The van der Waals surface area contributed by atoms with Crippen molar-refractivity contribution in [3.8, 4) is 11.4 Å². The lowest BCUT2D eigenvalue weighted by molar-refractivity contribution is -0.133. The third-order valence-corrected chi connectivity index (χ3v) is 6.56. The van der Waals surface area contributed by atoms with Crippen LogP contribution >= 0.6 is 0 Å². The molecular weight excluding hydrogens is 455 g/mol. The molecule has 3 aromatic rings. The Morgan fingerprint density at radius 1 is 1.14 bits per heavy atom. The van der Waals surface area contributed by atoms with Gasteiger partial charge in [0.05, 0.1) is 30.9 Å². The second-order valence-electron chi connectivity index (χ2n) is 8.84. The maximum atomic E-state index is 13.9. The maximum Gasteiger partial charge on any atom is 0.250 e. The average Bonchev–Trinajstić information content (AvgIpc) is 3.29. The number of rotatable bonds is 4. The molecule has 0 bridgehead atoms. The first-order valence-electron chi connectivity index (χ1n) is 11.4. The number of hydrogen-bond donors (Lipinski definition) is 0. The fourth-order valence-electron chi connectivity index (χ4n) is 4.84. The highest BCUT2D eigenvalue weighted by Crippen LogP contribution is 2.38. The van der Waals surface area contributed by atoms with E-state index in [4.69, 9.17) is 4.74 Å². The number of carbonyl (C=O) groups is 1. The number of halogens is 3. The summed E-state index contributed by atoms with van der Waals surface area (Å²) in [6, 6.07) is 6.82. The molecule has 2 aliphatic heterocycles. The van der Waals surface area contributed by atoms with Crippen LogP contribution < -0.4 is 4.74 Å². The second-order valence-corrected chi connectivity index (χ2v) is 8.84. The number of amides is 1. The van der Waals surface area contributed by atoms with Gasteiger partial charge in [0.15, 0.2) is 17.5 Å². The fourth-order valence-corrected chi connectivity index (χ4v) is 4.84. The van der Waals surface area contributed by atoms with Crippen molar-refractivity contribution >= 4 is 12.0 Å². The van der Waals surface area contributed by atoms with E-state index in [-0.39, 0.29) is 17.5 Å². The van der Waals surface area contributed by atoms with Crippen LogP contribution in [0.4, 0.5) is 13.2 Å². The lowest BCUT2D eigenvalue weighted by Gasteiger charge is -2.43. The molecule has 0 aliphatic carbocycles. The van der Waals surface area contributed by atoms with Crippen molar-refractivity contribution in [3.05, 3.63) is 94.9 Å². The molecule has 1 fully saturated rings. The van der Waals surface area contributed by atoms with E-state index in [2.05, 4.69) is 4.98 Å². The van der Waals surface area contributed by atoms with Crippen LogP contribution in [0.2, 0.25) is 0 Å². The molecular formula is C27H24F3N3O2. The maximum absolute atomic E-state index is 13.9. The zero-order valence-corrected chi connectivity index (χ0v) is 19.3. The number of hydrogen-bond acceptors (Lipinski definition) is 3. The molecule has 0 unspecified atom stereocenters. The van der Waals surface area contributed by atoms with Gasteiger partial charge in [0.2, 0.25) is 0 Å². The summed E-state index contributed by atoms with van der Waals surface area (Å²) in [4.78, 5) is 19.5. The van der Waals surface area contributed by atoms with E-state index in [9.17, 15) is 18.0 Å². The minimum atomic E-state index is -1.51. The number of aromatic nitrogens is 2. The van der Waals surface area contributed by atoms with Crippen molar-refractivity contribution in [3.63, 3.8) is 0 Å². The number of nitrogens with zero attached hydrogens (tertiary/aromatic N) is 3. The Labute approximate surface area is 201 Å². The summed E-state index contributed by atoms with van der Waals surface area (Å²) in [5.41, 5.74) is 3.31. The van der Waals surface area contributed by atoms with E-state index in [0.717, 1.165) is 29.1 Å². The smallest absolute Gasteiger partial charge is 0.250 e. The number of aryl methyl sites for hydroxylation is 1. The lowest BCUT2D eigenvalue weighted by Crippen LogP contribution is -2.47. The summed E-state index contributed by atoms with van der Waals surface area (Å²) in [7, 11) is 1.58. The number of piperidine rings is 1. The van der Waals surface area contributed by atoms with Gasteiger partial charge in [-0.3, -0.25) is 4.79 Å². The van der Waals surface area contributed by atoms with Crippen molar-refractivity contribution in [2.45, 2.75) is 38.3 Å². The van der Waals surface area contributed by atoms with Gasteiger partial charge >= 0.3 is 0 Å². The van der Waals surface area contributed by atoms with Crippen molar-refractivity contribution < 1.29 is 22.7 Å². The van der Waals surface area contributed by atoms with Gasteiger partial charge in [0.1, 0.15) is 5.75 Å². The molecule has 0 N–H and O–H groups in total. The lowest BCUT2D eigenvalue weighted by atomic mass is 9.87. The third-order valence-electron chi connectivity index (χ3n) is 6.56. The van der Waals surface area contributed by atoms with Crippen LogP contribution in [0.3, 0.4) is 0 Å². The van der Waals surface area contributed by atoms with E-state index in [1.807, 2.05) is 48.0 Å². The van der Waals surface area contributed by atoms with E-state index >= 15 is 0 Å². The molecule has 0 spiro atoms. The summed E-state index contributed by atoms with van der Waals surface area (Å²) in [6.07, 6.45) is 11.0. The van der Waals surface area contributed by atoms with Crippen LogP contribution in [0.1, 0.15) is 42.1 Å². The molecule has 2 atom stereocenters. The van der Waals surface area contributed by atoms with Crippen LogP contribution in [0, 0.1) is 24.4 Å². The standard InChI is InChI=1S/C27H24F3N3O2/c1-16-14-32(15-31-16)24-9-6-17(11-25(24)35-2)10-18-7-8-20-4-3-5-23(33(20)27(18)34)19-12-21(28)26(30)22(29)13-19/h3,5-6,9-15,20,23H,4,7-8H2,1-2H3/b18-10-/t20-,23-/m0/s1. The summed E-state index contributed by atoms with van der Waals surface area (Å²) in [5.74, 6) is -3.62. The summed E-state index contributed by atoms with van der Waals surface area (Å²) < 4.78 is 48.8. The third kappa shape index (κ3) is 4.24.